The fraction of sp³-hybridized carbons (Fsp3) is 0.667. The van der Waals surface area contributed by atoms with Gasteiger partial charge in [0.25, 0.3) is 0 Å². The first-order valence-corrected chi connectivity index (χ1v) is 6.48. The minimum Gasteiger partial charge on any atom is -0.461 e. The molecule has 0 atom stereocenters. The lowest BCUT2D eigenvalue weighted by molar-refractivity contribution is -0.119. The Morgan fingerprint density at radius 2 is 2.21 bits per heavy atom. The van der Waals surface area contributed by atoms with Crippen LogP contribution in [0, 0.1) is 0 Å². The zero-order valence-electron chi connectivity index (χ0n) is 11.2. The van der Waals surface area contributed by atoms with Gasteiger partial charge >= 0.3 is 5.97 Å². The molecule has 1 aromatic heterocycles. The Kier molecular flexibility index (Phi) is 4.13. The first kappa shape index (κ1) is 13.5. The van der Waals surface area contributed by atoms with Crippen molar-refractivity contribution in [2.45, 2.75) is 39.2 Å². The molecule has 0 aromatic carbocycles. The van der Waals surface area contributed by atoms with Crippen molar-refractivity contribution in [2.24, 2.45) is 0 Å². The molecule has 1 aliphatic rings. The predicted molar refractivity (Wildman–Crippen MR) is 66.6 cm³/mol. The average molecular weight is 266 g/mol. The number of hydrogen-bond donors (Lipinski definition) is 1. The van der Waals surface area contributed by atoms with Crippen LogP contribution in [0.2, 0.25) is 0 Å². The van der Waals surface area contributed by atoms with Crippen molar-refractivity contribution in [3.8, 4) is 0 Å². The van der Waals surface area contributed by atoms with Crippen LogP contribution in [0.15, 0.2) is 0 Å². The number of nitrogens with zero attached hydrogens (tertiary/aromatic N) is 3. The third-order valence-corrected chi connectivity index (χ3v) is 2.90. The van der Waals surface area contributed by atoms with Gasteiger partial charge in [0.1, 0.15) is 0 Å². The van der Waals surface area contributed by atoms with E-state index in [0.717, 1.165) is 18.5 Å². The van der Waals surface area contributed by atoms with E-state index in [2.05, 4.69) is 15.6 Å². The standard InChI is InChI=1S/C12H18N4O3/c1-3-19-12(18)10-11(9-4-5-9)16(15-14-10)7-6-13-8(2)17/h9H,3-7H2,1-2H3,(H,13,17). The maximum atomic E-state index is 11.8. The molecule has 0 radical (unpaired) electrons. The monoisotopic (exact) mass is 266 g/mol. The van der Waals surface area contributed by atoms with Gasteiger partial charge in [-0.15, -0.1) is 5.10 Å². The van der Waals surface area contributed by atoms with Gasteiger partial charge in [-0.05, 0) is 19.8 Å². The third-order valence-electron chi connectivity index (χ3n) is 2.90. The highest BCUT2D eigenvalue weighted by Gasteiger charge is 2.34. The first-order valence-electron chi connectivity index (χ1n) is 6.48. The van der Waals surface area contributed by atoms with Crippen molar-refractivity contribution < 1.29 is 14.3 Å². The topological polar surface area (TPSA) is 86.1 Å². The number of aromatic nitrogens is 3. The minimum atomic E-state index is -0.421. The van der Waals surface area contributed by atoms with Gasteiger partial charge in [-0.2, -0.15) is 0 Å². The fourth-order valence-electron chi connectivity index (χ4n) is 1.93. The highest BCUT2D eigenvalue weighted by atomic mass is 16.5. The minimum absolute atomic E-state index is 0.0845. The Bertz CT molecular complexity index is 479. The van der Waals surface area contributed by atoms with Gasteiger partial charge in [0.2, 0.25) is 5.91 Å². The molecule has 7 heteroatoms. The van der Waals surface area contributed by atoms with E-state index in [-0.39, 0.29) is 5.91 Å². The number of hydrogen-bond acceptors (Lipinski definition) is 5. The summed E-state index contributed by atoms with van der Waals surface area (Å²) < 4.78 is 6.67. The van der Waals surface area contributed by atoms with Gasteiger partial charge in [0.15, 0.2) is 5.69 Å². The van der Waals surface area contributed by atoms with E-state index in [9.17, 15) is 9.59 Å². The number of carbonyl (C=O) groups is 2. The smallest absolute Gasteiger partial charge is 0.360 e. The van der Waals surface area contributed by atoms with Crippen LogP contribution >= 0.6 is 0 Å². The molecule has 104 valence electrons. The van der Waals surface area contributed by atoms with Crippen LogP contribution in [0.3, 0.4) is 0 Å². The van der Waals surface area contributed by atoms with Crippen LogP contribution < -0.4 is 5.32 Å². The molecule has 2 rings (SSSR count). The fourth-order valence-corrected chi connectivity index (χ4v) is 1.93. The molecule has 1 saturated carbocycles. The highest BCUT2D eigenvalue weighted by molar-refractivity contribution is 5.88. The van der Waals surface area contributed by atoms with Crippen molar-refractivity contribution in [3.05, 3.63) is 11.4 Å². The molecule has 1 heterocycles. The molecule has 1 aliphatic carbocycles. The Hall–Kier alpha value is -1.92. The Morgan fingerprint density at radius 3 is 2.79 bits per heavy atom. The lowest BCUT2D eigenvalue weighted by atomic mass is 10.2. The number of ether oxygens (including phenoxy) is 1. The van der Waals surface area contributed by atoms with E-state index in [1.807, 2.05) is 0 Å². The Labute approximate surface area is 111 Å². The summed E-state index contributed by atoms with van der Waals surface area (Å²) in [5.41, 5.74) is 1.15. The van der Waals surface area contributed by atoms with Crippen LogP contribution in [-0.4, -0.2) is 40.0 Å². The van der Waals surface area contributed by atoms with Gasteiger partial charge in [-0.3, -0.25) is 4.79 Å². The van der Waals surface area contributed by atoms with E-state index in [4.69, 9.17) is 4.74 Å². The molecule has 19 heavy (non-hydrogen) atoms. The molecule has 0 saturated heterocycles. The highest BCUT2D eigenvalue weighted by Crippen LogP contribution is 2.41. The van der Waals surface area contributed by atoms with Crippen molar-refractivity contribution in [3.63, 3.8) is 0 Å². The second-order valence-electron chi connectivity index (χ2n) is 4.52. The summed E-state index contributed by atoms with van der Waals surface area (Å²) >= 11 is 0. The van der Waals surface area contributed by atoms with Crippen molar-refractivity contribution >= 4 is 11.9 Å². The first-order chi connectivity index (χ1) is 9.13. The van der Waals surface area contributed by atoms with Crippen molar-refractivity contribution in [2.75, 3.05) is 13.2 Å². The average Bonchev–Trinajstić information content (AvgIpc) is 3.10. The Morgan fingerprint density at radius 1 is 1.47 bits per heavy atom. The molecule has 1 aromatic rings. The van der Waals surface area contributed by atoms with Crippen LogP contribution in [0.25, 0.3) is 0 Å². The quantitative estimate of drug-likeness (QED) is 0.756. The van der Waals surface area contributed by atoms with E-state index < -0.39 is 5.97 Å². The summed E-state index contributed by atoms with van der Waals surface area (Å²) in [6, 6.07) is 0. The molecule has 1 N–H and O–H groups in total. The van der Waals surface area contributed by atoms with E-state index in [0.29, 0.717) is 31.3 Å². The zero-order chi connectivity index (χ0) is 13.8. The molecular formula is C12H18N4O3. The largest absolute Gasteiger partial charge is 0.461 e. The summed E-state index contributed by atoms with van der Waals surface area (Å²) in [4.78, 5) is 22.6. The molecule has 1 amide bonds. The van der Waals surface area contributed by atoms with Gasteiger partial charge in [0.05, 0.1) is 18.8 Å². The maximum absolute atomic E-state index is 11.8. The molecule has 1 fully saturated rings. The molecule has 0 aliphatic heterocycles. The molecule has 0 bridgehead atoms. The molecule has 0 unspecified atom stereocenters. The van der Waals surface area contributed by atoms with E-state index in [1.165, 1.54) is 6.92 Å². The van der Waals surface area contributed by atoms with Crippen LogP contribution in [0.5, 0.6) is 0 Å². The summed E-state index contributed by atoms with van der Waals surface area (Å²) in [7, 11) is 0. The summed E-state index contributed by atoms with van der Waals surface area (Å²) in [5, 5.41) is 10.6. The number of rotatable bonds is 6. The van der Waals surface area contributed by atoms with Crippen LogP contribution in [0.4, 0.5) is 0 Å². The van der Waals surface area contributed by atoms with Crippen molar-refractivity contribution in [1.82, 2.24) is 20.3 Å². The van der Waals surface area contributed by atoms with Gasteiger partial charge in [0, 0.05) is 19.4 Å². The van der Waals surface area contributed by atoms with E-state index in [1.54, 1.807) is 11.6 Å². The SMILES string of the molecule is CCOC(=O)c1nnn(CCNC(C)=O)c1C1CC1. The number of amides is 1. The summed E-state index contributed by atoms with van der Waals surface area (Å²) in [6.07, 6.45) is 2.08. The normalized spacial score (nSPS) is 14.2. The third kappa shape index (κ3) is 3.30. The molecular weight excluding hydrogens is 248 g/mol. The number of nitrogens with one attached hydrogen (secondary N) is 1. The second-order valence-corrected chi connectivity index (χ2v) is 4.52. The van der Waals surface area contributed by atoms with Gasteiger partial charge in [-0.25, -0.2) is 9.48 Å². The van der Waals surface area contributed by atoms with Gasteiger partial charge < -0.3 is 10.1 Å². The van der Waals surface area contributed by atoms with Crippen LogP contribution in [0.1, 0.15) is 48.8 Å². The van der Waals surface area contributed by atoms with Crippen LogP contribution in [-0.2, 0) is 16.1 Å². The lowest BCUT2D eigenvalue weighted by Crippen LogP contribution is -2.25. The zero-order valence-corrected chi connectivity index (χ0v) is 11.2. The summed E-state index contributed by atoms with van der Waals surface area (Å²) in [6.45, 7) is 4.53. The molecule has 0 spiro atoms. The summed E-state index contributed by atoms with van der Waals surface area (Å²) in [5.74, 6) is -0.166. The van der Waals surface area contributed by atoms with Gasteiger partial charge in [-0.1, -0.05) is 5.21 Å². The predicted octanol–water partition coefficient (Wildman–Crippen LogP) is 0.468. The Balaban J connectivity index is 2.10. The lowest BCUT2D eigenvalue weighted by Gasteiger charge is -2.07. The number of esters is 1. The van der Waals surface area contributed by atoms with Crippen molar-refractivity contribution in [1.29, 1.82) is 0 Å². The van der Waals surface area contributed by atoms with E-state index >= 15 is 0 Å². The molecule has 7 nitrogen and oxygen atoms in total. The second kappa shape index (κ2) is 5.81. The maximum Gasteiger partial charge on any atom is 0.360 e. The number of carbonyl (C=O) groups excluding carboxylic acids is 2.